The number of halogens is 2. The normalized spacial score (nSPS) is 15.7. The van der Waals surface area contributed by atoms with Crippen molar-refractivity contribution in [2.24, 2.45) is 11.5 Å². The summed E-state index contributed by atoms with van der Waals surface area (Å²) in [4.78, 5) is 56.8. The first kappa shape index (κ1) is 45.4. The number of hydrogen-bond acceptors (Lipinski definition) is 10. The number of rotatable bonds is 10. The van der Waals surface area contributed by atoms with Crippen LogP contribution in [0, 0.1) is 23.7 Å². The highest BCUT2D eigenvalue weighted by Crippen LogP contribution is 2.30. The lowest BCUT2D eigenvalue weighted by Gasteiger charge is -2.35. The number of piperazine rings is 2. The molecule has 4 amide bonds. The van der Waals surface area contributed by atoms with E-state index in [4.69, 9.17) is 11.5 Å². The number of nitrogens with two attached hydrogens (primary N) is 2. The van der Waals surface area contributed by atoms with Crippen LogP contribution in [0.3, 0.4) is 0 Å². The Balaban J connectivity index is 0.00000420. The Bertz CT molecular complexity index is 1810. The molecule has 3 aromatic rings. The summed E-state index contributed by atoms with van der Waals surface area (Å²) in [6.07, 6.45) is 0. The first-order valence-corrected chi connectivity index (χ1v) is 17.8. The van der Waals surface area contributed by atoms with E-state index in [0.29, 0.717) is 39.3 Å². The van der Waals surface area contributed by atoms with Gasteiger partial charge in [0.2, 0.25) is 11.2 Å². The summed E-state index contributed by atoms with van der Waals surface area (Å²) in [5.41, 5.74) is 9.49. The van der Waals surface area contributed by atoms with Gasteiger partial charge in [-0.15, -0.1) is 24.8 Å². The molecule has 2 saturated heterocycles. The number of nitrogens with one attached hydrogen (secondary N) is 4. The van der Waals surface area contributed by atoms with Crippen molar-refractivity contribution in [2.75, 3.05) is 52.4 Å². The zero-order valence-electron chi connectivity index (χ0n) is 30.8. The molecule has 0 saturated carbocycles. The minimum absolute atomic E-state index is 0. The second-order valence-electron chi connectivity index (χ2n) is 13.0. The maximum absolute atomic E-state index is 14.0. The first-order chi connectivity index (χ1) is 26.1. The molecular weight excluding hydrogens is 759 g/mol. The summed E-state index contributed by atoms with van der Waals surface area (Å²) in [5, 5.41) is 35.9. The molecule has 56 heavy (non-hydrogen) atoms. The molecular formula is C40H48Cl2N8O6. The van der Waals surface area contributed by atoms with Crippen molar-refractivity contribution < 1.29 is 29.4 Å². The van der Waals surface area contributed by atoms with Crippen LogP contribution < -0.4 is 32.7 Å². The minimum Gasteiger partial charge on any atom is -0.366 e. The van der Waals surface area contributed by atoms with Gasteiger partial charge in [-0.25, -0.2) is 0 Å². The van der Waals surface area contributed by atoms with Gasteiger partial charge >= 0.3 is 0 Å². The zero-order valence-corrected chi connectivity index (χ0v) is 32.4. The average Bonchev–Trinajstić information content (AvgIpc) is 3.23. The summed E-state index contributed by atoms with van der Waals surface area (Å²) in [6.45, 7) is 4.08. The van der Waals surface area contributed by atoms with Gasteiger partial charge in [-0.2, -0.15) is 0 Å². The molecule has 2 aliphatic rings. The second kappa shape index (κ2) is 21.3. The van der Waals surface area contributed by atoms with Gasteiger partial charge in [-0.3, -0.25) is 19.2 Å². The van der Waals surface area contributed by atoms with E-state index < -0.39 is 34.8 Å². The molecule has 10 N–H and O–H groups in total. The largest absolute Gasteiger partial charge is 0.366 e. The van der Waals surface area contributed by atoms with Crippen molar-refractivity contribution in [2.45, 2.75) is 37.4 Å². The van der Waals surface area contributed by atoms with E-state index in [1.165, 1.54) is 34.1 Å². The van der Waals surface area contributed by atoms with Crippen molar-refractivity contribution in [3.05, 3.63) is 106 Å². The molecule has 0 radical (unpaired) electrons. The highest BCUT2D eigenvalue weighted by atomic mass is 35.5. The fraction of sp³-hybridized carbons (Fsp3) is 0.350. The number of amides is 4. The lowest BCUT2D eigenvalue weighted by atomic mass is 9.85. The Morgan fingerprint density at radius 1 is 0.607 bits per heavy atom. The molecule has 5 rings (SSSR count). The van der Waals surface area contributed by atoms with Gasteiger partial charge in [0.05, 0.1) is 0 Å². The maximum atomic E-state index is 14.0. The van der Waals surface area contributed by atoms with Crippen LogP contribution in [0.25, 0.3) is 0 Å². The van der Waals surface area contributed by atoms with Crippen LogP contribution in [0.4, 0.5) is 0 Å². The third-order valence-corrected chi connectivity index (χ3v) is 9.26. The average molecular weight is 808 g/mol. The molecule has 0 spiro atoms. The molecule has 298 valence electrons. The molecule has 2 unspecified atom stereocenters. The molecule has 2 atom stereocenters. The monoisotopic (exact) mass is 806 g/mol. The Hall–Kier alpha value is -5.00. The van der Waals surface area contributed by atoms with Gasteiger partial charge in [0.1, 0.15) is 0 Å². The van der Waals surface area contributed by atoms with Gasteiger partial charge < -0.3 is 52.7 Å². The van der Waals surface area contributed by atoms with Gasteiger partial charge in [-0.05, 0) is 52.0 Å². The number of carbonyl (C=O) groups is 4. The van der Waals surface area contributed by atoms with Crippen molar-refractivity contribution >= 4 is 48.4 Å². The minimum atomic E-state index is -2.56. The van der Waals surface area contributed by atoms with Crippen molar-refractivity contribution in [3.63, 3.8) is 0 Å². The van der Waals surface area contributed by atoms with Crippen LogP contribution in [0.5, 0.6) is 0 Å². The van der Waals surface area contributed by atoms with E-state index in [2.05, 4.69) is 44.9 Å². The number of aliphatic hydroxyl groups is 2. The third kappa shape index (κ3) is 11.5. The van der Waals surface area contributed by atoms with Crippen molar-refractivity contribution in [3.8, 4) is 23.7 Å². The molecule has 0 aromatic heterocycles. The third-order valence-electron chi connectivity index (χ3n) is 9.26. The molecule has 3 aromatic carbocycles. The van der Waals surface area contributed by atoms with Crippen LogP contribution in [-0.2, 0) is 56.6 Å². The van der Waals surface area contributed by atoms with E-state index in [0.717, 1.165) is 22.3 Å². The van der Waals surface area contributed by atoms with Crippen LogP contribution in [0.15, 0.2) is 72.8 Å². The Labute approximate surface area is 339 Å². The standard InChI is InChI=1S/C40H46N8O6.2ClH/c41-25-29-4-8-31(9-5-29)27-45-35(49)12-14-39(53,37(51)47-20-16-43-17-21-47)33-2-1-3-34(24-33)40(54,38(52)48-22-18-44-19-23-48)15-13-36(50)46-28-32-10-6-30(26-42)7-11-32;;/h1-11,24,43-44,53-54H,16-23,25-28,41-42H2,(H,45,49)(H,46,50);2*1H. The number of hydrogen-bond donors (Lipinski definition) is 8. The summed E-state index contributed by atoms with van der Waals surface area (Å²) in [6, 6.07) is 20.2. The fourth-order valence-electron chi connectivity index (χ4n) is 5.99. The van der Waals surface area contributed by atoms with E-state index in [-0.39, 0.29) is 75.2 Å². The number of nitrogens with zero attached hydrogens (tertiary/aromatic N) is 2. The van der Waals surface area contributed by atoms with E-state index in [1.54, 1.807) is 0 Å². The van der Waals surface area contributed by atoms with E-state index in [9.17, 15) is 29.4 Å². The van der Waals surface area contributed by atoms with Gasteiger partial charge in [0.15, 0.2) is 0 Å². The smallest absolute Gasteiger partial charge is 0.296 e. The van der Waals surface area contributed by atoms with Crippen molar-refractivity contribution in [1.29, 1.82) is 0 Å². The predicted molar refractivity (Wildman–Crippen MR) is 216 cm³/mol. The van der Waals surface area contributed by atoms with Crippen molar-refractivity contribution in [1.82, 2.24) is 31.1 Å². The summed E-state index contributed by atoms with van der Waals surface area (Å²) >= 11 is 0. The topological polar surface area (TPSA) is 215 Å². The Morgan fingerprint density at radius 3 is 1.29 bits per heavy atom. The quantitative estimate of drug-likeness (QED) is 0.121. The summed E-state index contributed by atoms with van der Waals surface area (Å²) in [5.74, 6) is 6.72. The molecule has 0 bridgehead atoms. The van der Waals surface area contributed by atoms with E-state index >= 15 is 0 Å². The van der Waals surface area contributed by atoms with Gasteiger partial charge in [-0.1, -0.05) is 66.7 Å². The molecule has 0 aliphatic carbocycles. The van der Waals surface area contributed by atoms with Gasteiger partial charge in [0, 0.05) is 89.7 Å². The lowest BCUT2D eigenvalue weighted by molar-refractivity contribution is -0.147. The lowest BCUT2D eigenvalue weighted by Crippen LogP contribution is -2.54. The van der Waals surface area contributed by atoms with Crippen LogP contribution in [0.2, 0.25) is 0 Å². The zero-order chi connectivity index (χ0) is 38.6. The number of benzene rings is 3. The summed E-state index contributed by atoms with van der Waals surface area (Å²) < 4.78 is 0. The molecule has 14 nitrogen and oxygen atoms in total. The molecule has 2 aliphatic heterocycles. The van der Waals surface area contributed by atoms with Crippen LogP contribution in [-0.4, -0.2) is 96.0 Å². The van der Waals surface area contributed by atoms with E-state index in [1.807, 2.05) is 48.5 Å². The SMILES string of the molecule is Cl.Cl.NCc1ccc(CNC(=O)C#CC(O)(C(=O)N2CCNCC2)c2cccc(C(O)(C#CC(=O)NCc3ccc(CN)cc3)C(=O)N3CCNCC3)c2)cc1. The first-order valence-electron chi connectivity index (χ1n) is 17.8. The molecule has 16 heteroatoms. The molecule has 2 heterocycles. The van der Waals surface area contributed by atoms with Gasteiger partial charge in [0.25, 0.3) is 23.6 Å². The van der Waals surface area contributed by atoms with Crippen LogP contribution >= 0.6 is 24.8 Å². The Morgan fingerprint density at radius 2 is 0.946 bits per heavy atom. The fourth-order valence-corrected chi connectivity index (χ4v) is 5.99. The second-order valence-corrected chi connectivity index (χ2v) is 13.0. The van der Waals surface area contributed by atoms with Crippen LogP contribution in [0.1, 0.15) is 33.4 Å². The maximum Gasteiger partial charge on any atom is 0.296 e. The Kier molecular flexibility index (Phi) is 17.3. The summed E-state index contributed by atoms with van der Waals surface area (Å²) in [7, 11) is 0. The highest BCUT2D eigenvalue weighted by Gasteiger charge is 2.44. The predicted octanol–water partition coefficient (Wildman–Crippen LogP) is -0.674. The molecule has 2 fully saturated rings. The highest BCUT2D eigenvalue weighted by molar-refractivity contribution is 5.98. The number of carbonyl (C=O) groups excluding carboxylic acids is 4.